The lowest BCUT2D eigenvalue weighted by atomic mass is 10.3. The van der Waals surface area contributed by atoms with Crippen LogP contribution < -0.4 is 11.2 Å². The van der Waals surface area contributed by atoms with E-state index in [4.69, 9.17) is 29.0 Å². The highest BCUT2D eigenvalue weighted by atomic mass is 35.5. The lowest BCUT2D eigenvalue weighted by molar-refractivity contribution is -0.115. The third-order valence-electron chi connectivity index (χ3n) is 3.42. The topological polar surface area (TPSA) is 98.7 Å². The van der Waals surface area contributed by atoms with Gasteiger partial charge in [0.05, 0.1) is 16.0 Å². The molecule has 7 nitrogen and oxygen atoms in total. The summed E-state index contributed by atoms with van der Waals surface area (Å²) in [7, 11) is 0. The second-order valence-corrected chi connectivity index (χ2v) is 7.44. The molecule has 134 valence electrons. The number of carbonyl (C=O) groups excluding carboxylic acids is 1. The fourth-order valence-electron chi connectivity index (χ4n) is 2.09. The summed E-state index contributed by atoms with van der Waals surface area (Å²) in [5.41, 5.74) is 1.18. The Hall–Kier alpha value is -2.29. The Morgan fingerprint density at radius 1 is 1.31 bits per heavy atom. The summed E-state index contributed by atoms with van der Waals surface area (Å²) >= 11 is 13.2. The fourth-order valence-corrected chi connectivity index (χ4v) is 3.20. The highest BCUT2D eigenvalue weighted by molar-refractivity contribution is 8.00. The van der Waals surface area contributed by atoms with Crippen molar-refractivity contribution in [1.82, 2.24) is 19.9 Å². The molecule has 2 aromatic heterocycles. The Bertz CT molecular complexity index is 934. The number of anilines is 1. The van der Waals surface area contributed by atoms with E-state index in [-0.39, 0.29) is 5.91 Å². The summed E-state index contributed by atoms with van der Waals surface area (Å²) in [6, 6.07) is 8.46. The van der Waals surface area contributed by atoms with Crippen molar-refractivity contribution < 1.29 is 4.79 Å². The third kappa shape index (κ3) is 4.09. The Labute approximate surface area is 163 Å². The van der Waals surface area contributed by atoms with Gasteiger partial charge in [-0.3, -0.25) is 9.78 Å². The molecule has 3 rings (SSSR count). The molecule has 1 aromatic carbocycles. The van der Waals surface area contributed by atoms with Crippen LogP contribution in [0.2, 0.25) is 10.0 Å². The summed E-state index contributed by atoms with van der Waals surface area (Å²) in [6.45, 7) is 1.73. The van der Waals surface area contributed by atoms with Gasteiger partial charge in [0.25, 0.3) is 0 Å². The van der Waals surface area contributed by atoms with Gasteiger partial charge in [-0.25, -0.2) is 4.68 Å². The normalized spacial score (nSPS) is 12.0. The second-order valence-electron chi connectivity index (χ2n) is 5.29. The summed E-state index contributed by atoms with van der Waals surface area (Å²) in [6.07, 6.45) is 3.29. The number of thioether (sulfide) groups is 1. The highest BCUT2D eigenvalue weighted by Crippen LogP contribution is 2.28. The molecule has 3 N–H and O–H groups in total. The number of halogens is 2. The van der Waals surface area contributed by atoms with Crippen molar-refractivity contribution in [2.75, 3.05) is 11.2 Å². The maximum atomic E-state index is 12.4. The maximum Gasteiger partial charge on any atom is 0.237 e. The van der Waals surface area contributed by atoms with E-state index in [1.807, 2.05) is 6.07 Å². The molecule has 0 unspecified atom stereocenters. The molecule has 2 heterocycles. The van der Waals surface area contributed by atoms with Gasteiger partial charge in [-0.05, 0) is 37.3 Å². The molecule has 0 saturated carbocycles. The monoisotopic (exact) mass is 408 g/mol. The Balaban J connectivity index is 1.72. The summed E-state index contributed by atoms with van der Waals surface area (Å²) in [5.74, 6) is 6.26. The third-order valence-corrected chi connectivity index (χ3v) is 5.04. The smallest absolute Gasteiger partial charge is 0.237 e. The zero-order valence-electron chi connectivity index (χ0n) is 13.6. The highest BCUT2D eigenvalue weighted by Gasteiger charge is 2.20. The number of aromatic nitrogens is 4. The maximum absolute atomic E-state index is 12.4. The van der Waals surface area contributed by atoms with Crippen LogP contribution in [0.3, 0.4) is 0 Å². The number of nitrogen functional groups attached to an aromatic ring is 1. The van der Waals surface area contributed by atoms with E-state index in [2.05, 4.69) is 20.5 Å². The molecule has 0 saturated heterocycles. The van der Waals surface area contributed by atoms with Gasteiger partial charge in [-0.15, -0.1) is 10.2 Å². The zero-order valence-corrected chi connectivity index (χ0v) is 15.9. The first kappa shape index (κ1) is 18.5. The summed E-state index contributed by atoms with van der Waals surface area (Å²) in [4.78, 5) is 16.5. The van der Waals surface area contributed by atoms with Gasteiger partial charge in [0, 0.05) is 23.0 Å². The van der Waals surface area contributed by atoms with Gasteiger partial charge in [0.2, 0.25) is 11.1 Å². The van der Waals surface area contributed by atoms with Crippen molar-refractivity contribution in [2.24, 2.45) is 0 Å². The van der Waals surface area contributed by atoms with E-state index < -0.39 is 5.25 Å². The SMILES string of the molecule is C[C@@H](Sc1nnc(-c2cccnc2)n1N)C(=O)Nc1cc(Cl)ccc1Cl. The molecule has 0 aliphatic carbocycles. The Morgan fingerprint density at radius 3 is 2.85 bits per heavy atom. The molecule has 1 amide bonds. The van der Waals surface area contributed by atoms with E-state index in [1.165, 1.54) is 16.4 Å². The number of pyridine rings is 1. The van der Waals surface area contributed by atoms with E-state index >= 15 is 0 Å². The van der Waals surface area contributed by atoms with Crippen LogP contribution in [0.25, 0.3) is 11.4 Å². The predicted octanol–water partition coefficient (Wildman–Crippen LogP) is 3.48. The number of benzene rings is 1. The van der Waals surface area contributed by atoms with Gasteiger partial charge in [0.1, 0.15) is 0 Å². The molecule has 1 atom stereocenters. The van der Waals surface area contributed by atoms with Crippen molar-refractivity contribution in [3.63, 3.8) is 0 Å². The zero-order chi connectivity index (χ0) is 18.7. The van der Waals surface area contributed by atoms with Crippen LogP contribution in [-0.2, 0) is 4.79 Å². The molecular formula is C16H14Cl2N6OS. The van der Waals surface area contributed by atoms with E-state index in [0.29, 0.717) is 26.7 Å². The number of nitrogens with two attached hydrogens (primary N) is 1. The van der Waals surface area contributed by atoms with Crippen molar-refractivity contribution >= 4 is 46.6 Å². The van der Waals surface area contributed by atoms with Crippen LogP contribution in [0.5, 0.6) is 0 Å². The van der Waals surface area contributed by atoms with Crippen molar-refractivity contribution in [3.8, 4) is 11.4 Å². The predicted molar refractivity (Wildman–Crippen MR) is 104 cm³/mol. The van der Waals surface area contributed by atoms with Gasteiger partial charge >= 0.3 is 0 Å². The first-order chi connectivity index (χ1) is 12.5. The molecule has 26 heavy (non-hydrogen) atoms. The first-order valence-corrected chi connectivity index (χ1v) is 9.12. The van der Waals surface area contributed by atoms with Crippen molar-refractivity contribution in [1.29, 1.82) is 0 Å². The van der Waals surface area contributed by atoms with E-state index in [9.17, 15) is 4.79 Å². The minimum atomic E-state index is -0.488. The molecule has 0 aliphatic heterocycles. The van der Waals surface area contributed by atoms with Crippen LogP contribution in [0, 0.1) is 0 Å². The average molecular weight is 409 g/mol. The summed E-state index contributed by atoms with van der Waals surface area (Å²) in [5, 5.41) is 11.7. The van der Waals surface area contributed by atoms with Crippen LogP contribution in [0.1, 0.15) is 6.92 Å². The van der Waals surface area contributed by atoms with E-state index in [0.717, 1.165) is 5.56 Å². The largest absolute Gasteiger partial charge is 0.335 e. The lowest BCUT2D eigenvalue weighted by Gasteiger charge is -2.12. The minimum absolute atomic E-state index is 0.259. The van der Waals surface area contributed by atoms with Crippen molar-refractivity contribution in [2.45, 2.75) is 17.3 Å². The minimum Gasteiger partial charge on any atom is -0.335 e. The van der Waals surface area contributed by atoms with Crippen LogP contribution in [0.15, 0.2) is 47.9 Å². The molecule has 0 spiro atoms. The molecule has 0 bridgehead atoms. The number of nitrogens with zero attached hydrogens (tertiary/aromatic N) is 4. The van der Waals surface area contributed by atoms with E-state index in [1.54, 1.807) is 43.6 Å². The fraction of sp³-hybridized carbons (Fsp3) is 0.125. The lowest BCUT2D eigenvalue weighted by Crippen LogP contribution is -2.23. The molecule has 0 fully saturated rings. The Kier molecular flexibility index (Phi) is 5.65. The van der Waals surface area contributed by atoms with Gasteiger partial charge < -0.3 is 11.2 Å². The Morgan fingerprint density at radius 2 is 2.12 bits per heavy atom. The van der Waals surface area contributed by atoms with Gasteiger partial charge in [-0.1, -0.05) is 35.0 Å². The molecule has 0 aliphatic rings. The first-order valence-electron chi connectivity index (χ1n) is 7.49. The standard InChI is InChI=1S/C16H14Cl2N6OS/c1-9(15(25)21-13-7-11(17)4-5-12(13)18)26-16-23-22-14(24(16)19)10-3-2-6-20-8-10/h2-9H,19H2,1H3,(H,21,25)/t9-/m1/s1. The van der Waals surface area contributed by atoms with Crippen LogP contribution >= 0.6 is 35.0 Å². The molecular weight excluding hydrogens is 395 g/mol. The second kappa shape index (κ2) is 7.94. The number of hydrogen-bond acceptors (Lipinski definition) is 6. The average Bonchev–Trinajstić information content (AvgIpc) is 2.99. The molecule has 0 radical (unpaired) electrons. The van der Waals surface area contributed by atoms with Gasteiger partial charge in [-0.2, -0.15) is 0 Å². The molecule has 3 aromatic rings. The number of amides is 1. The van der Waals surface area contributed by atoms with Crippen molar-refractivity contribution in [3.05, 3.63) is 52.8 Å². The van der Waals surface area contributed by atoms with Gasteiger partial charge in [0.15, 0.2) is 5.82 Å². The number of hydrogen-bond donors (Lipinski definition) is 2. The summed E-state index contributed by atoms with van der Waals surface area (Å²) < 4.78 is 1.33. The quantitative estimate of drug-likeness (QED) is 0.495. The molecule has 10 heteroatoms. The number of carbonyl (C=O) groups is 1. The van der Waals surface area contributed by atoms with Crippen LogP contribution in [-0.4, -0.2) is 31.0 Å². The number of nitrogens with one attached hydrogen (secondary N) is 1. The van der Waals surface area contributed by atoms with Crippen LogP contribution in [0.4, 0.5) is 5.69 Å². The number of rotatable bonds is 5.